The van der Waals surface area contributed by atoms with Crippen LogP contribution >= 0.6 is 0 Å². The zero-order valence-electron chi connectivity index (χ0n) is 11.2. The standard InChI is InChI=1S/C15H16N2O2/c1-10-14(11(2)17(3)16-10)8-9-15(19)12-4-6-13(18)7-5-12/h4-9,18H,1-3H3. The van der Waals surface area contributed by atoms with Gasteiger partial charge in [-0.15, -0.1) is 0 Å². The maximum absolute atomic E-state index is 12.0. The normalized spacial score (nSPS) is 11.1. The van der Waals surface area contributed by atoms with Gasteiger partial charge in [-0.1, -0.05) is 0 Å². The molecule has 0 bridgehead atoms. The Labute approximate surface area is 112 Å². The molecule has 19 heavy (non-hydrogen) atoms. The van der Waals surface area contributed by atoms with Gasteiger partial charge in [-0.25, -0.2) is 0 Å². The third kappa shape index (κ3) is 2.73. The molecule has 0 saturated heterocycles. The van der Waals surface area contributed by atoms with Crippen LogP contribution < -0.4 is 0 Å². The van der Waals surface area contributed by atoms with Crippen LogP contribution in [0.25, 0.3) is 6.08 Å². The molecule has 1 heterocycles. The number of rotatable bonds is 3. The van der Waals surface area contributed by atoms with Gasteiger partial charge in [0.15, 0.2) is 5.78 Å². The molecule has 2 rings (SSSR count). The minimum absolute atomic E-state index is 0.0948. The quantitative estimate of drug-likeness (QED) is 0.678. The highest BCUT2D eigenvalue weighted by atomic mass is 16.3. The van der Waals surface area contributed by atoms with Gasteiger partial charge in [0.1, 0.15) is 5.75 Å². The molecular weight excluding hydrogens is 240 g/mol. The van der Waals surface area contributed by atoms with E-state index < -0.39 is 0 Å². The second kappa shape index (κ2) is 5.10. The Morgan fingerprint density at radius 1 is 1.26 bits per heavy atom. The molecule has 0 fully saturated rings. The molecule has 1 N–H and O–H groups in total. The minimum Gasteiger partial charge on any atom is -0.508 e. The number of allylic oxidation sites excluding steroid dienone is 1. The third-order valence-electron chi connectivity index (χ3n) is 3.12. The summed E-state index contributed by atoms with van der Waals surface area (Å²) in [6.45, 7) is 3.88. The Balaban J connectivity index is 2.23. The number of ketones is 1. The van der Waals surface area contributed by atoms with Crippen LogP contribution in [0.15, 0.2) is 30.3 Å². The van der Waals surface area contributed by atoms with Crippen molar-refractivity contribution in [3.8, 4) is 5.75 Å². The van der Waals surface area contributed by atoms with Crippen LogP contribution in [-0.4, -0.2) is 20.7 Å². The maximum atomic E-state index is 12.0. The summed E-state index contributed by atoms with van der Waals surface area (Å²) in [4.78, 5) is 12.0. The van der Waals surface area contributed by atoms with E-state index in [4.69, 9.17) is 0 Å². The molecule has 2 aromatic rings. The monoisotopic (exact) mass is 256 g/mol. The van der Waals surface area contributed by atoms with Gasteiger partial charge in [-0.2, -0.15) is 5.10 Å². The second-order valence-electron chi connectivity index (χ2n) is 4.45. The highest BCUT2D eigenvalue weighted by Crippen LogP contribution is 2.15. The van der Waals surface area contributed by atoms with Crippen molar-refractivity contribution in [2.45, 2.75) is 13.8 Å². The van der Waals surface area contributed by atoms with Crippen LogP contribution in [0.3, 0.4) is 0 Å². The summed E-state index contributed by atoms with van der Waals surface area (Å²) in [7, 11) is 1.88. The van der Waals surface area contributed by atoms with E-state index in [1.165, 1.54) is 18.2 Å². The predicted octanol–water partition coefficient (Wildman–Crippen LogP) is 2.64. The van der Waals surface area contributed by atoms with E-state index in [9.17, 15) is 9.90 Å². The molecule has 1 aromatic heterocycles. The minimum atomic E-state index is -0.0948. The summed E-state index contributed by atoms with van der Waals surface area (Å²) in [6, 6.07) is 6.21. The summed E-state index contributed by atoms with van der Waals surface area (Å²) >= 11 is 0. The lowest BCUT2D eigenvalue weighted by atomic mass is 10.1. The number of aromatic hydroxyl groups is 1. The zero-order chi connectivity index (χ0) is 14.0. The van der Waals surface area contributed by atoms with Crippen molar-refractivity contribution in [2.24, 2.45) is 7.05 Å². The number of carbonyl (C=O) groups excluding carboxylic acids is 1. The molecule has 0 spiro atoms. The van der Waals surface area contributed by atoms with E-state index in [0.29, 0.717) is 5.56 Å². The van der Waals surface area contributed by atoms with Crippen molar-refractivity contribution in [1.29, 1.82) is 0 Å². The van der Waals surface area contributed by atoms with Gasteiger partial charge in [0.05, 0.1) is 5.69 Å². The first kappa shape index (κ1) is 13.1. The fraction of sp³-hybridized carbons (Fsp3) is 0.200. The Bertz CT molecular complexity index is 637. The van der Waals surface area contributed by atoms with Crippen molar-refractivity contribution < 1.29 is 9.90 Å². The number of nitrogens with zero attached hydrogens (tertiary/aromatic N) is 2. The fourth-order valence-electron chi connectivity index (χ4n) is 1.91. The van der Waals surface area contributed by atoms with Crippen LogP contribution in [0.4, 0.5) is 0 Å². The van der Waals surface area contributed by atoms with Crippen LogP contribution in [-0.2, 0) is 7.05 Å². The van der Waals surface area contributed by atoms with E-state index in [1.54, 1.807) is 22.9 Å². The highest BCUT2D eigenvalue weighted by molar-refractivity contribution is 6.06. The average molecular weight is 256 g/mol. The Hall–Kier alpha value is -2.36. The van der Waals surface area contributed by atoms with Crippen molar-refractivity contribution >= 4 is 11.9 Å². The van der Waals surface area contributed by atoms with E-state index >= 15 is 0 Å². The van der Waals surface area contributed by atoms with Crippen LogP contribution in [0, 0.1) is 13.8 Å². The average Bonchev–Trinajstić information content (AvgIpc) is 2.62. The number of hydrogen-bond donors (Lipinski definition) is 1. The van der Waals surface area contributed by atoms with Crippen molar-refractivity contribution in [2.75, 3.05) is 0 Å². The largest absolute Gasteiger partial charge is 0.508 e. The molecule has 1 aromatic carbocycles. The van der Waals surface area contributed by atoms with E-state index in [-0.39, 0.29) is 11.5 Å². The lowest BCUT2D eigenvalue weighted by molar-refractivity contribution is 0.104. The predicted molar refractivity (Wildman–Crippen MR) is 74.2 cm³/mol. The molecule has 0 radical (unpaired) electrons. The Kier molecular flexibility index (Phi) is 3.51. The number of carbonyl (C=O) groups is 1. The van der Waals surface area contributed by atoms with Crippen molar-refractivity contribution in [3.05, 3.63) is 52.9 Å². The van der Waals surface area contributed by atoms with Gasteiger partial charge < -0.3 is 5.11 Å². The maximum Gasteiger partial charge on any atom is 0.185 e. The van der Waals surface area contributed by atoms with E-state index in [2.05, 4.69) is 5.10 Å². The summed E-state index contributed by atoms with van der Waals surface area (Å²) in [5.41, 5.74) is 3.44. The highest BCUT2D eigenvalue weighted by Gasteiger charge is 2.07. The number of aromatic nitrogens is 2. The molecule has 0 atom stereocenters. The SMILES string of the molecule is Cc1nn(C)c(C)c1C=CC(=O)c1ccc(O)cc1. The first-order valence-electron chi connectivity index (χ1n) is 6.00. The van der Waals surface area contributed by atoms with Crippen LogP contribution in [0.1, 0.15) is 27.3 Å². The van der Waals surface area contributed by atoms with Gasteiger partial charge in [0.2, 0.25) is 0 Å². The van der Waals surface area contributed by atoms with Gasteiger partial charge in [0, 0.05) is 23.9 Å². The summed E-state index contributed by atoms with van der Waals surface area (Å²) < 4.78 is 1.79. The lowest BCUT2D eigenvalue weighted by Crippen LogP contribution is -1.94. The molecule has 0 saturated carbocycles. The van der Waals surface area contributed by atoms with Crippen LogP contribution in [0.5, 0.6) is 5.75 Å². The second-order valence-corrected chi connectivity index (χ2v) is 4.45. The number of hydrogen-bond acceptors (Lipinski definition) is 3. The Morgan fingerprint density at radius 2 is 1.89 bits per heavy atom. The van der Waals surface area contributed by atoms with Gasteiger partial charge in [-0.05, 0) is 50.3 Å². The molecular formula is C15H16N2O2. The molecule has 0 aliphatic heterocycles. The molecule has 0 amide bonds. The molecule has 4 nitrogen and oxygen atoms in total. The molecule has 0 aliphatic carbocycles. The van der Waals surface area contributed by atoms with E-state index in [0.717, 1.165) is 17.0 Å². The zero-order valence-corrected chi connectivity index (χ0v) is 11.2. The topological polar surface area (TPSA) is 55.1 Å². The molecule has 0 unspecified atom stereocenters. The van der Waals surface area contributed by atoms with Crippen molar-refractivity contribution in [3.63, 3.8) is 0 Å². The van der Waals surface area contributed by atoms with E-state index in [1.807, 2.05) is 20.9 Å². The lowest BCUT2D eigenvalue weighted by Gasteiger charge is -1.97. The number of benzene rings is 1. The Morgan fingerprint density at radius 3 is 2.42 bits per heavy atom. The van der Waals surface area contributed by atoms with Crippen LogP contribution in [0.2, 0.25) is 0 Å². The molecule has 4 heteroatoms. The number of aryl methyl sites for hydroxylation is 2. The number of phenolic OH excluding ortho intramolecular Hbond substituents is 1. The first-order valence-corrected chi connectivity index (χ1v) is 6.00. The van der Waals surface area contributed by atoms with Gasteiger partial charge in [0.25, 0.3) is 0 Å². The first-order chi connectivity index (χ1) is 8.99. The molecule has 0 aliphatic rings. The number of phenols is 1. The van der Waals surface area contributed by atoms with Gasteiger partial charge in [-0.3, -0.25) is 9.48 Å². The fourth-order valence-corrected chi connectivity index (χ4v) is 1.91. The third-order valence-corrected chi connectivity index (χ3v) is 3.12. The summed E-state index contributed by atoms with van der Waals surface area (Å²) in [6.07, 6.45) is 3.32. The molecule has 98 valence electrons. The van der Waals surface area contributed by atoms with Crippen molar-refractivity contribution in [1.82, 2.24) is 9.78 Å². The van der Waals surface area contributed by atoms with Gasteiger partial charge >= 0.3 is 0 Å². The summed E-state index contributed by atoms with van der Waals surface area (Å²) in [5.74, 6) is 0.0575. The summed E-state index contributed by atoms with van der Waals surface area (Å²) in [5, 5.41) is 13.5. The smallest absolute Gasteiger partial charge is 0.185 e.